The number of furan rings is 3. The summed E-state index contributed by atoms with van der Waals surface area (Å²) in [4.78, 5) is 38.9. The van der Waals surface area contributed by atoms with Crippen molar-refractivity contribution in [3.8, 4) is 67.5 Å². The van der Waals surface area contributed by atoms with Gasteiger partial charge >= 0.3 is 0 Å². The van der Waals surface area contributed by atoms with Crippen LogP contribution in [0.25, 0.3) is 134 Å². The summed E-state index contributed by atoms with van der Waals surface area (Å²) < 4.78 is 245. The molecule has 12 aromatic heterocycles. The van der Waals surface area contributed by atoms with Crippen LogP contribution in [0.2, 0.25) is 0 Å². The molecule has 0 aliphatic heterocycles. The van der Waals surface area contributed by atoms with E-state index in [0.717, 1.165) is 52.5 Å². The molecule has 18 rings (SSSR count). The fourth-order valence-corrected chi connectivity index (χ4v) is 13.0. The van der Waals surface area contributed by atoms with Crippen LogP contribution in [-0.4, -0.2) is 44.9 Å². The van der Waals surface area contributed by atoms with Crippen molar-refractivity contribution in [3.05, 3.63) is 340 Å². The van der Waals surface area contributed by atoms with Crippen molar-refractivity contribution >= 4 is 66.2 Å². The second-order valence-electron chi connectivity index (χ2n) is 28.1. The van der Waals surface area contributed by atoms with Crippen molar-refractivity contribution in [2.24, 2.45) is 0 Å². The summed E-state index contributed by atoms with van der Waals surface area (Å²) in [5.74, 6) is -7.02. The number of nitrogens with zero attached hydrogens (tertiary/aromatic N) is 9. The van der Waals surface area contributed by atoms with Gasteiger partial charge in [0.15, 0.2) is 0 Å². The summed E-state index contributed by atoms with van der Waals surface area (Å²) in [6, 6.07) is 71.8. The van der Waals surface area contributed by atoms with Gasteiger partial charge in [0.2, 0.25) is 17.1 Å². The fourth-order valence-electron chi connectivity index (χ4n) is 13.0. The molecule has 0 bridgehead atoms. The molecule has 12 heterocycles. The number of fused-ring (bicyclic) bond motifs is 9. The molecule has 0 saturated heterocycles. The number of aromatic nitrogens is 9. The van der Waals surface area contributed by atoms with E-state index in [1.807, 2.05) is 98.8 Å². The maximum absolute atomic E-state index is 8.66. The van der Waals surface area contributed by atoms with E-state index in [1.54, 1.807) is 127 Å². The van der Waals surface area contributed by atoms with E-state index in [9.17, 15) is 0 Å². The first-order valence-corrected chi connectivity index (χ1v) is 37.2. The maximum atomic E-state index is 8.66. The van der Waals surface area contributed by atoms with Crippen molar-refractivity contribution in [2.75, 3.05) is 0 Å². The van der Waals surface area contributed by atoms with E-state index >= 15 is 0 Å². The quantitative estimate of drug-likeness (QED) is 0.113. The Hall–Kier alpha value is -11.0. The zero-order valence-corrected chi connectivity index (χ0v) is 74.3. The van der Waals surface area contributed by atoms with Crippen molar-refractivity contribution in [3.63, 3.8) is 0 Å². The van der Waals surface area contributed by atoms with Gasteiger partial charge in [-0.05, 0) is 181 Å². The smallest absolute Gasteiger partial charge is 0.216 e. The molecule has 6 aromatic carbocycles. The Kier molecular flexibility index (Phi) is 20.3. The molecule has 0 fully saturated rings. The molecule has 0 N–H and O–H groups in total. The van der Waals surface area contributed by atoms with E-state index < -0.39 is 84.3 Å². The maximum Gasteiger partial charge on any atom is 0.216 e. The Morgan fingerprint density at radius 3 is 1.17 bits per heavy atom. The molecule has 120 heavy (non-hydrogen) atoms. The standard InChI is InChI=1S/2C24H25N2O.C21H19N2O.3C12H10N.3Ir/c1-13(2)17-9-10-25-20(12-17)18-8-7-15(5)21-22-19(14(3)4)11-16(6)26-24(22)27-23(18)21;1-13(2)19-11-16(6)26-24-22(19)18-9-7-8-17(23(18)27-24)21-10-15(5)20(12-25-21)14(3)4;1-12(2)16-11-14(4)23-21-19(16)18-13(3)8-9-15(20(18)24-21)17-7-5-6-10-22-17;3*1-10-7-8-12(13-9-10)11-5-3-2-4-6-11;;;/h2*7,9-14H,1-6H3;5-8,10-12H,1-4H3;3*2-5,7-9H,1H3;;;/q6*-1;;;/i1D3,5D3,13D,14D;3D3,5D3,13D,14D;3D3,12D;3*1D3;;;. The molecular formula is C105H99Ir3N9O3-6. The van der Waals surface area contributed by atoms with E-state index in [4.69, 9.17) is 53.0 Å². The topological polar surface area (TPSA) is 155 Å². The predicted octanol–water partition coefficient (Wildman–Crippen LogP) is 27.6. The van der Waals surface area contributed by atoms with Gasteiger partial charge in [-0.15, -0.1) is 161 Å². The summed E-state index contributed by atoms with van der Waals surface area (Å²) in [5, 5.41) is 3.14. The van der Waals surface area contributed by atoms with Gasteiger partial charge < -0.3 is 43.2 Å². The first kappa shape index (κ1) is 58.9. The Morgan fingerprint density at radius 2 is 0.750 bits per heavy atom. The average molecular weight is 2140 g/mol. The molecular weight excluding hydrogens is 2010 g/mol. The second-order valence-corrected chi connectivity index (χ2v) is 28.1. The fraction of sp³-hybridized carbons (Fsp3) is 0.229. The average Bonchev–Trinajstić information content (AvgIpc) is 1.45. The van der Waals surface area contributed by atoms with Gasteiger partial charge in [0, 0.05) is 170 Å². The van der Waals surface area contributed by atoms with Crippen molar-refractivity contribution in [1.29, 1.82) is 0 Å². The minimum atomic E-state index is -2.76. The number of aryl methyl sites for hydroxylation is 9. The van der Waals surface area contributed by atoms with E-state index in [2.05, 4.69) is 81.3 Å². The normalized spacial score (nSPS) is 16.6. The Balaban J connectivity index is 0.000000188. The van der Waals surface area contributed by atoms with Crippen LogP contribution in [0, 0.1) is 98.3 Å². The largest absolute Gasteiger partial charge is 0.486 e. The minimum Gasteiger partial charge on any atom is -0.486 e. The molecule has 0 aliphatic rings. The first-order chi connectivity index (χ1) is 67.6. The van der Waals surface area contributed by atoms with Crippen molar-refractivity contribution in [1.82, 2.24) is 44.9 Å². The SMILES string of the molecule is [2H]C([2H])([2H])c1c[c-]c(-c2cc(C([2H])(C)C([2H])([2H])[2H])ccn2)c2oc3nc(C)cc(C([2H])(C)C)c3c12.[2H]C([2H])([2H])c1c[c-]c(-c2ccccn2)c2oc3nc(C)cc(C([2H])(C)C)c3c12.[2H]C([2H])([2H])c1cc(-c2[c-]ccc3c2oc2nc(C)cc(C([2H])(C)C)c23)ncc1C([2H])(C)C([2H])([2H])[2H].[2H]C([2H])([2H])c1ccc(-c2[c-]cccc2)nc1.[2H]C([2H])([2H])c1ccc(-c2[c-]cccc2)nc1.[2H]C([2H])([2H])c1ccc(-c2[c-]cccc2)nc1.[Ir].[Ir].[Ir]. The summed E-state index contributed by atoms with van der Waals surface area (Å²) in [6.45, 7) is -0.729. The Morgan fingerprint density at radius 1 is 0.325 bits per heavy atom. The number of hydrogen-bond acceptors (Lipinski definition) is 12. The van der Waals surface area contributed by atoms with E-state index in [1.165, 1.54) is 62.0 Å². The molecule has 0 saturated carbocycles. The molecule has 0 amide bonds. The molecule has 2 unspecified atom stereocenters. The third kappa shape index (κ3) is 21.2. The van der Waals surface area contributed by atoms with Crippen LogP contribution in [0.5, 0.6) is 0 Å². The third-order valence-electron chi connectivity index (χ3n) is 18.6. The molecule has 0 aliphatic carbocycles. The third-order valence-corrected chi connectivity index (χ3v) is 18.6. The number of pyridine rings is 9. The Labute approximate surface area is 787 Å². The second kappa shape index (κ2) is 41.3. The zero-order chi connectivity index (χ0) is 107. The summed E-state index contributed by atoms with van der Waals surface area (Å²) in [7, 11) is 0. The van der Waals surface area contributed by atoms with Gasteiger partial charge in [0.25, 0.3) is 0 Å². The Bertz CT molecular complexity index is 7510. The van der Waals surface area contributed by atoms with Crippen LogP contribution in [0.3, 0.4) is 0 Å². The van der Waals surface area contributed by atoms with Gasteiger partial charge in [0.05, 0.1) is 16.7 Å². The number of rotatable bonds is 11. The van der Waals surface area contributed by atoms with Crippen molar-refractivity contribution < 1.29 is 113 Å². The van der Waals surface area contributed by atoms with Crippen LogP contribution in [0.4, 0.5) is 0 Å². The molecule has 2 atom stereocenters. The van der Waals surface area contributed by atoms with Gasteiger partial charge in [-0.1, -0.05) is 187 Å². The monoisotopic (exact) mass is 2140 g/mol. The first-order valence-electron chi connectivity index (χ1n) is 51.7. The molecule has 15 heteroatoms. The molecule has 615 valence electrons. The van der Waals surface area contributed by atoms with Gasteiger partial charge in [-0.2, -0.15) is 0 Å². The molecule has 12 nitrogen and oxygen atoms in total. The van der Waals surface area contributed by atoms with E-state index in [0.29, 0.717) is 106 Å². The summed E-state index contributed by atoms with van der Waals surface area (Å²) >= 11 is 0. The van der Waals surface area contributed by atoms with Crippen LogP contribution in [-0.2, 0) is 60.3 Å². The van der Waals surface area contributed by atoms with Gasteiger partial charge in [-0.3, -0.25) is 0 Å². The van der Waals surface area contributed by atoms with Gasteiger partial charge in [0.1, 0.15) is 0 Å². The molecule has 3 radical (unpaired) electrons. The zero-order valence-electron chi connectivity index (χ0n) is 96.1. The van der Waals surface area contributed by atoms with Crippen LogP contribution >= 0.6 is 0 Å². The molecule has 0 spiro atoms. The summed E-state index contributed by atoms with van der Waals surface area (Å²) in [6.07, 6.45) is 8.39. The molecule has 18 aromatic rings. The van der Waals surface area contributed by atoms with Crippen LogP contribution in [0.15, 0.2) is 238 Å². The van der Waals surface area contributed by atoms with Crippen LogP contribution < -0.4 is 0 Å². The predicted molar refractivity (Wildman–Crippen MR) is 479 cm³/mol. The number of benzene rings is 6. The number of hydrogen-bond donors (Lipinski definition) is 0. The van der Waals surface area contributed by atoms with E-state index in [-0.39, 0.29) is 128 Å². The van der Waals surface area contributed by atoms with Crippen LogP contribution in [0.1, 0.15) is 217 Å². The van der Waals surface area contributed by atoms with Gasteiger partial charge in [-0.25, -0.2) is 15.0 Å². The summed E-state index contributed by atoms with van der Waals surface area (Å²) in [5.41, 5.74) is 13.7. The van der Waals surface area contributed by atoms with Crippen molar-refractivity contribution in [2.45, 2.75) is 160 Å². The minimum absolute atomic E-state index is 0.